The van der Waals surface area contributed by atoms with Crippen LogP contribution in [-0.4, -0.2) is 4.98 Å². The summed E-state index contributed by atoms with van der Waals surface area (Å²) in [6, 6.07) is 15.4. The van der Waals surface area contributed by atoms with Crippen LogP contribution in [0.2, 0.25) is 0 Å². The number of halogens is 1. The summed E-state index contributed by atoms with van der Waals surface area (Å²) in [5, 5.41) is 0.973. The van der Waals surface area contributed by atoms with Gasteiger partial charge in [-0.05, 0) is 37.3 Å². The zero-order chi connectivity index (χ0) is 14.1. The van der Waals surface area contributed by atoms with Crippen molar-refractivity contribution in [2.24, 2.45) is 0 Å². The Bertz CT molecular complexity index is 787. The van der Waals surface area contributed by atoms with Crippen LogP contribution >= 0.6 is 15.9 Å². The normalized spacial score (nSPS) is 10.7. The first-order valence-electron chi connectivity index (χ1n) is 6.23. The van der Waals surface area contributed by atoms with Crippen LogP contribution in [0.4, 0.5) is 5.69 Å². The van der Waals surface area contributed by atoms with E-state index in [4.69, 9.17) is 10.5 Å². The van der Waals surface area contributed by atoms with Crippen molar-refractivity contribution in [2.75, 3.05) is 5.73 Å². The van der Waals surface area contributed by atoms with Gasteiger partial charge in [0.2, 0.25) is 0 Å². The van der Waals surface area contributed by atoms with Crippen molar-refractivity contribution in [3.63, 3.8) is 0 Å². The summed E-state index contributed by atoms with van der Waals surface area (Å²) in [6.07, 6.45) is 0. The maximum atomic E-state index is 5.98. The first-order valence-corrected chi connectivity index (χ1v) is 7.02. The zero-order valence-electron chi connectivity index (χ0n) is 10.9. The van der Waals surface area contributed by atoms with Crippen molar-refractivity contribution in [1.29, 1.82) is 0 Å². The molecule has 0 atom stereocenters. The highest BCUT2D eigenvalue weighted by molar-refractivity contribution is 9.10. The molecule has 3 nitrogen and oxygen atoms in total. The van der Waals surface area contributed by atoms with E-state index >= 15 is 0 Å². The maximum Gasteiger partial charge on any atom is 0.150 e. The van der Waals surface area contributed by atoms with E-state index in [-0.39, 0.29) is 0 Å². The molecule has 0 saturated heterocycles. The lowest BCUT2D eigenvalue weighted by Crippen LogP contribution is -1.94. The molecular weight excluding hydrogens is 316 g/mol. The second-order valence-corrected chi connectivity index (χ2v) is 5.48. The number of ether oxygens (including phenoxy) is 1. The van der Waals surface area contributed by atoms with Crippen LogP contribution in [0.25, 0.3) is 10.9 Å². The number of fused-ring (bicyclic) bond motifs is 1. The molecule has 0 bridgehead atoms. The molecule has 3 rings (SSSR count). The Kier molecular flexibility index (Phi) is 3.32. The molecule has 0 radical (unpaired) electrons. The first-order chi connectivity index (χ1) is 9.63. The second-order valence-electron chi connectivity index (χ2n) is 4.56. The van der Waals surface area contributed by atoms with Crippen molar-refractivity contribution in [2.45, 2.75) is 6.92 Å². The number of nitrogens with two attached hydrogens (primary N) is 1. The van der Waals surface area contributed by atoms with E-state index in [9.17, 15) is 0 Å². The Hall–Kier alpha value is -2.07. The monoisotopic (exact) mass is 328 g/mol. The van der Waals surface area contributed by atoms with Crippen molar-refractivity contribution in [1.82, 2.24) is 4.98 Å². The van der Waals surface area contributed by atoms with Gasteiger partial charge in [-0.15, -0.1) is 0 Å². The third-order valence-corrected chi connectivity index (χ3v) is 3.49. The molecule has 0 spiro atoms. The highest BCUT2D eigenvalue weighted by Gasteiger charge is 2.08. The average molecular weight is 329 g/mol. The summed E-state index contributed by atoms with van der Waals surface area (Å²) in [5.41, 5.74) is 8.40. The lowest BCUT2D eigenvalue weighted by Gasteiger charge is -2.11. The molecule has 2 N–H and O–H groups in total. The minimum atomic E-state index is 0.595. The number of rotatable bonds is 2. The molecule has 0 unspecified atom stereocenters. The summed E-state index contributed by atoms with van der Waals surface area (Å²) in [6.45, 7) is 1.95. The Labute approximate surface area is 125 Å². The van der Waals surface area contributed by atoms with Gasteiger partial charge in [0.05, 0.1) is 11.2 Å². The van der Waals surface area contributed by atoms with Gasteiger partial charge in [-0.25, -0.2) is 0 Å². The van der Waals surface area contributed by atoms with Crippen LogP contribution < -0.4 is 10.5 Å². The molecule has 1 aromatic heterocycles. The lowest BCUT2D eigenvalue weighted by molar-refractivity contribution is 0.490. The number of para-hydroxylation sites is 1. The summed E-state index contributed by atoms with van der Waals surface area (Å²) in [4.78, 5) is 4.50. The maximum absolute atomic E-state index is 5.98. The van der Waals surface area contributed by atoms with Crippen LogP contribution in [-0.2, 0) is 0 Å². The van der Waals surface area contributed by atoms with Crippen molar-refractivity contribution in [3.05, 3.63) is 58.7 Å². The number of benzene rings is 2. The van der Waals surface area contributed by atoms with E-state index in [0.717, 1.165) is 26.8 Å². The van der Waals surface area contributed by atoms with Crippen molar-refractivity contribution >= 4 is 32.5 Å². The fourth-order valence-electron chi connectivity index (χ4n) is 2.08. The van der Waals surface area contributed by atoms with E-state index in [1.54, 1.807) is 0 Å². The van der Waals surface area contributed by atoms with E-state index in [2.05, 4.69) is 20.9 Å². The van der Waals surface area contributed by atoms with Gasteiger partial charge in [0.25, 0.3) is 0 Å². The molecule has 4 heteroatoms. The lowest BCUT2D eigenvalue weighted by atomic mass is 10.2. The fraction of sp³-hybridized carbons (Fsp3) is 0.0625. The zero-order valence-corrected chi connectivity index (χ0v) is 12.5. The molecule has 1 heterocycles. The van der Waals surface area contributed by atoms with Crippen LogP contribution in [0.5, 0.6) is 11.5 Å². The van der Waals surface area contributed by atoms with E-state index < -0.39 is 0 Å². The molecule has 0 aliphatic carbocycles. The number of nitrogens with zero attached hydrogens (tertiary/aromatic N) is 1. The van der Waals surface area contributed by atoms with Crippen LogP contribution in [0.3, 0.4) is 0 Å². The number of nitrogen functional groups attached to an aromatic ring is 1. The van der Waals surface area contributed by atoms with Gasteiger partial charge >= 0.3 is 0 Å². The van der Waals surface area contributed by atoms with E-state index in [1.807, 2.05) is 55.5 Å². The van der Waals surface area contributed by atoms with Gasteiger partial charge in [0, 0.05) is 21.6 Å². The van der Waals surface area contributed by atoms with Crippen LogP contribution in [0, 0.1) is 6.92 Å². The summed E-state index contributed by atoms with van der Waals surface area (Å²) >= 11 is 3.39. The summed E-state index contributed by atoms with van der Waals surface area (Å²) in [5.74, 6) is 1.41. The Morgan fingerprint density at radius 2 is 1.85 bits per heavy atom. The number of aromatic nitrogens is 1. The van der Waals surface area contributed by atoms with Gasteiger partial charge in [-0.3, -0.25) is 4.98 Å². The highest BCUT2D eigenvalue weighted by Crippen LogP contribution is 2.33. The molecule has 0 amide bonds. The molecule has 0 aliphatic rings. The van der Waals surface area contributed by atoms with Crippen molar-refractivity contribution < 1.29 is 4.74 Å². The molecule has 0 aliphatic heterocycles. The quantitative estimate of drug-likeness (QED) is 0.695. The molecule has 0 saturated carbocycles. The molecule has 0 fully saturated rings. The summed E-state index contributed by atoms with van der Waals surface area (Å²) in [7, 11) is 0. The molecule has 20 heavy (non-hydrogen) atoms. The largest absolute Gasteiger partial charge is 0.454 e. The standard InChI is InChI=1S/C16H13BrN2O/c1-10-8-16(12-4-2-3-5-14(12)19-10)20-15-7-6-11(17)9-13(15)18/h2-9H,18H2,1H3. The molecule has 100 valence electrons. The van der Waals surface area contributed by atoms with Gasteiger partial charge in [-0.1, -0.05) is 28.1 Å². The Balaban J connectivity index is 2.10. The second kappa shape index (κ2) is 5.13. The minimum Gasteiger partial charge on any atom is -0.454 e. The summed E-state index contributed by atoms with van der Waals surface area (Å²) < 4.78 is 6.90. The van der Waals surface area contributed by atoms with Crippen molar-refractivity contribution in [3.8, 4) is 11.5 Å². The Morgan fingerprint density at radius 3 is 2.65 bits per heavy atom. The average Bonchev–Trinajstić information content (AvgIpc) is 2.41. The van der Waals surface area contributed by atoms with Crippen LogP contribution in [0.15, 0.2) is 53.0 Å². The van der Waals surface area contributed by atoms with Gasteiger partial charge in [-0.2, -0.15) is 0 Å². The number of pyridine rings is 1. The predicted molar refractivity (Wildman–Crippen MR) is 85.1 cm³/mol. The third-order valence-electron chi connectivity index (χ3n) is 3.00. The molecular formula is C16H13BrN2O. The highest BCUT2D eigenvalue weighted by atomic mass is 79.9. The van der Waals surface area contributed by atoms with Gasteiger partial charge < -0.3 is 10.5 Å². The third kappa shape index (κ3) is 2.47. The number of anilines is 1. The predicted octanol–water partition coefficient (Wildman–Crippen LogP) is 4.68. The van der Waals surface area contributed by atoms with E-state index in [1.165, 1.54) is 0 Å². The smallest absolute Gasteiger partial charge is 0.150 e. The van der Waals surface area contributed by atoms with Gasteiger partial charge in [0.1, 0.15) is 11.5 Å². The number of hydrogen-bond acceptors (Lipinski definition) is 3. The fourth-order valence-corrected chi connectivity index (χ4v) is 2.46. The Morgan fingerprint density at radius 1 is 1.05 bits per heavy atom. The molecule has 2 aromatic carbocycles. The molecule has 3 aromatic rings. The number of hydrogen-bond donors (Lipinski definition) is 1. The van der Waals surface area contributed by atoms with E-state index in [0.29, 0.717) is 11.4 Å². The first kappa shape index (κ1) is 12.9. The topological polar surface area (TPSA) is 48.1 Å². The SMILES string of the molecule is Cc1cc(Oc2ccc(Br)cc2N)c2ccccc2n1. The minimum absolute atomic E-state index is 0.595. The van der Waals surface area contributed by atoms with Crippen LogP contribution in [0.1, 0.15) is 5.69 Å². The van der Waals surface area contributed by atoms with Gasteiger partial charge in [0.15, 0.2) is 0 Å². The number of aryl methyl sites for hydroxylation is 1.